The number of fused-ring (bicyclic) bond motifs is 1. The van der Waals surface area contributed by atoms with Crippen LogP contribution in [0.3, 0.4) is 0 Å². The summed E-state index contributed by atoms with van der Waals surface area (Å²) >= 11 is 3.37. The third-order valence-electron chi connectivity index (χ3n) is 1.97. The van der Waals surface area contributed by atoms with Crippen LogP contribution >= 0.6 is 15.9 Å². The quantitative estimate of drug-likeness (QED) is 0.645. The van der Waals surface area contributed by atoms with Crippen molar-refractivity contribution in [2.75, 3.05) is 0 Å². The number of carbonyl (C=O) groups excluding carboxylic acids is 1. The molecular weight excluding hydrogens is 232 g/mol. The number of nitrogens with one attached hydrogen (secondary N) is 1. The molecule has 1 N–H and O–H groups in total. The van der Waals surface area contributed by atoms with Crippen LogP contribution in [0, 0.1) is 0 Å². The lowest BCUT2D eigenvalue weighted by Gasteiger charge is -1.98. The highest BCUT2D eigenvalue weighted by atomic mass is 79.9. The van der Waals surface area contributed by atoms with Crippen molar-refractivity contribution >= 4 is 33.2 Å². The molecule has 1 aromatic heterocycles. The summed E-state index contributed by atoms with van der Waals surface area (Å²) in [6.07, 6.45) is 2.43. The maximum atomic E-state index is 10.7. The lowest BCUT2D eigenvalue weighted by Crippen LogP contribution is -1.87. The average molecular weight is 239 g/mol. The minimum Gasteiger partial charge on any atom is -0.344 e. The summed E-state index contributed by atoms with van der Waals surface area (Å²) in [5.41, 5.74) is 3.41. The van der Waals surface area contributed by atoms with Crippen molar-refractivity contribution in [2.45, 2.75) is 5.33 Å². The second-order valence-corrected chi connectivity index (χ2v) is 3.25. The Hall–Kier alpha value is -1.16. The van der Waals surface area contributed by atoms with Crippen LogP contribution in [0.4, 0.5) is 0 Å². The monoisotopic (exact) mass is 238 g/mol. The summed E-state index contributed by atoms with van der Waals surface area (Å²) in [5, 5.41) is 0.744. The Morgan fingerprint density at radius 1 is 1.54 bits per heavy atom. The molecule has 1 heterocycles. The Labute approximate surface area is 83.3 Å². The van der Waals surface area contributed by atoms with Crippen LogP contribution in [0.25, 0.3) is 11.0 Å². The van der Waals surface area contributed by atoms with E-state index in [-0.39, 0.29) is 0 Å². The van der Waals surface area contributed by atoms with Gasteiger partial charge >= 0.3 is 0 Å². The summed E-state index contributed by atoms with van der Waals surface area (Å²) in [6, 6.07) is 3.70. The van der Waals surface area contributed by atoms with E-state index in [9.17, 15) is 4.79 Å². The number of halogens is 1. The molecule has 0 unspecified atom stereocenters. The third kappa shape index (κ3) is 1.27. The Morgan fingerprint density at radius 2 is 2.38 bits per heavy atom. The zero-order valence-electron chi connectivity index (χ0n) is 6.75. The fourth-order valence-electron chi connectivity index (χ4n) is 1.32. The van der Waals surface area contributed by atoms with Crippen LogP contribution < -0.4 is 0 Å². The van der Waals surface area contributed by atoms with Crippen molar-refractivity contribution in [2.24, 2.45) is 0 Å². The van der Waals surface area contributed by atoms with Crippen LogP contribution in [-0.4, -0.2) is 16.3 Å². The Balaban J connectivity index is 2.81. The van der Waals surface area contributed by atoms with Gasteiger partial charge in [0.05, 0.1) is 17.4 Å². The van der Waals surface area contributed by atoms with Crippen molar-refractivity contribution < 1.29 is 4.79 Å². The van der Waals surface area contributed by atoms with Gasteiger partial charge in [0.15, 0.2) is 6.29 Å². The number of hydrogen-bond donors (Lipinski definition) is 1. The van der Waals surface area contributed by atoms with E-state index in [2.05, 4.69) is 25.9 Å². The molecule has 2 rings (SSSR count). The van der Waals surface area contributed by atoms with Crippen molar-refractivity contribution in [3.63, 3.8) is 0 Å². The standard InChI is InChI=1S/C9H7BrN2O/c10-3-6-1-2-7(4-13)9-8(6)11-5-12-9/h1-2,4-5H,3H2,(H,11,12). The molecule has 0 fully saturated rings. The number of hydrogen-bond acceptors (Lipinski definition) is 2. The molecule has 0 aliphatic rings. The van der Waals surface area contributed by atoms with Gasteiger partial charge in [0.1, 0.15) is 0 Å². The van der Waals surface area contributed by atoms with Gasteiger partial charge in [0, 0.05) is 10.9 Å². The number of carbonyl (C=O) groups is 1. The lowest BCUT2D eigenvalue weighted by molar-refractivity contribution is 0.112. The van der Waals surface area contributed by atoms with Gasteiger partial charge in [0.25, 0.3) is 0 Å². The summed E-state index contributed by atoms with van der Waals surface area (Å²) in [4.78, 5) is 17.8. The van der Waals surface area contributed by atoms with E-state index in [1.165, 1.54) is 0 Å². The first kappa shape index (κ1) is 8.44. The fraction of sp³-hybridized carbons (Fsp3) is 0.111. The van der Waals surface area contributed by atoms with Gasteiger partial charge in [0.2, 0.25) is 0 Å². The van der Waals surface area contributed by atoms with Crippen molar-refractivity contribution in [3.05, 3.63) is 29.6 Å². The first-order valence-electron chi connectivity index (χ1n) is 3.83. The molecule has 0 aliphatic heterocycles. The second kappa shape index (κ2) is 3.30. The molecule has 2 aromatic rings. The van der Waals surface area contributed by atoms with Crippen molar-refractivity contribution in [1.29, 1.82) is 0 Å². The molecule has 0 spiro atoms. The number of alkyl halides is 1. The SMILES string of the molecule is O=Cc1ccc(CBr)c2nc[nH]c12. The molecule has 4 heteroatoms. The number of benzene rings is 1. The summed E-state index contributed by atoms with van der Waals surface area (Å²) < 4.78 is 0. The molecule has 0 aliphatic carbocycles. The van der Waals surface area contributed by atoms with Gasteiger partial charge in [-0.2, -0.15) is 0 Å². The van der Waals surface area contributed by atoms with E-state index < -0.39 is 0 Å². The molecule has 1 aromatic carbocycles. The largest absolute Gasteiger partial charge is 0.344 e. The molecule has 0 saturated carbocycles. The van der Waals surface area contributed by atoms with E-state index in [0.717, 1.165) is 28.2 Å². The van der Waals surface area contributed by atoms with E-state index >= 15 is 0 Å². The van der Waals surface area contributed by atoms with E-state index in [0.29, 0.717) is 5.56 Å². The number of imidazole rings is 1. The zero-order valence-corrected chi connectivity index (χ0v) is 8.34. The van der Waals surface area contributed by atoms with E-state index in [1.54, 1.807) is 12.4 Å². The van der Waals surface area contributed by atoms with Gasteiger partial charge in [-0.1, -0.05) is 22.0 Å². The predicted molar refractivity (Wildman–Crippen MR) is 54.1 cm³/mol. The van der Waals surface area contributed by atoms with Crippen LogP contribution in [0.2, 0.25) is 0 Å². The number of H-pyrrole nitrogens is 1. The smallest absolute Gasteiger partial charge is 0.152 e. The maximum Gasteiger partial charge on any atom is 0.152 e. The molecule has 13 heavy (non-hydrogen) atoms. The number of aromatic amines is 1. The molecule has 0 radical (unpaired) electrons. The molecule has 0 atom stereocenters. The van der Waals surface area contributed by atoms with Gasteiger partial charge in [-0.15, -0.1) is 0 Å². The Kier molecular flexibility index (Phi) is 2.14. The maximum absolute atomic E-state index is 10.7. The van der Waals surface area contributed by atoms with Crippen molar-refractivity contribution in [1.82, 2.24) is 9.97 Å². The summed E-state index contributed by atoms with van der Waals surface area (Å²) in [7, 11) is 0. The minimum absolute atomic E-state index is 0.650. The Bertz CT molecular complexity index is 450. The van der Waals surface area contributed by atoms with Crippen LogP contribution in [0.15, 0.2) is 18.5 Å². The predicted octanol–water partition coefficient (Wildman–Crippen LogP) is 2.27. The second-order valence-electron chi connectivity index (χ2n) is 2.69. The first-order chi connectivity index (χ1) is 6.36. The Morgan fingerprint density at radius 3 is 3.08 bits per heavy atom. The van der Waals surface area contributed by atoms with Crippen LogP contribution in [0.1, 0.15) is 15.9 Å². The molecule has 66 valence electrons. The third-order valence-corrected chi connectivity index (χ3v) is 2.57. The first-order valence-corrected chi connectivity index (χ1v) is 4.95. The number of rotatable bonds is 2. The molecular formula is C9H7BrN2O. The topological polar surface area (TPSA) is 45.8 Å². The summed E-state index contributed by atoms with van der Waals surface area (Å²) in [6.45, 7) is 0. The zero-order chi connectivity index (χ0) is 9.26. The minimum atomic E-state index is 0.650. The number of aromatic nitrogens is 2. The lowest BCUT2D eigenvalue weighted by atomic mass is 10.1. The summed E-state index contributed by atoms with van der Waals surface area (Å²) in [5.74, 6) is 0. The average Bonchev–Trinajstić information content (AvgIpc) is 2.64. The van der Waals surface area contributed by atoms with E-state index in [4.69, 9.17) is 0 Å². The normalized spacial score (nSPS) is 10.5. The fourth-order valence-corrected chi connectivity index (χ4v) is 1.77. The van der Waals surface area contributed by atoms with Gasteiger partial charge in [-0.25, -0.2) is 4.98 Å². The van der Waals surface area contributed by atoms with Crippen LogP contribution in [0.5, 0.6) is 0 Å². The highest BCUT2D eigenvalue weighted by Gasteiger charge is 2.06. The molecule has 0 amide bonds. The molecule has 0 saturated heterocycles. The van der Waals surface area contributed by atoms with Crippen LogP contribution in [-0.2, 0) is 5.33 Å². The van der Waals surface area contributed by atoms with Gasteiger partial charge < -0.3 is 4.98 Å². The highest BCUT2D eigenvalue weighted by Crippen LogP contribution is 2.20. The molecule has 0 bridgehead atoms. The number of aldehydes is 1. The van der Waals surface area contributed by atoms with Gasteiger partial charge in [-0.05, 0) is 11.6 Å². The highest BCUT2D eigenvalue weighted by molar-refractivity contribution is 9.08. The van der Waals surface area contributed by atoms with Gasteiger partial charge in [-0.3, -0.25) is 4.79 Å². The van der Waals surface area contributed by atoms with Crippen molar-refractivity contribution in [3.8, 4) is 0 Å². The number of nitrogens with zero attached hydrogens (tertiary/aromatic N) is 1. The van der Waals surface area contributed by atoms with E-state index in [1.807, 2.05) is 6.07 Å². The molecule has 3 nitrogen and oxygen atoms in total.